The number of piperidine rings is 1. The summed E-state index contributed by atoms with van der Waals surface area (Å²) in [7, 11) is 0. The maximum atomic E-state index is 11.3. The molecule has 3 saturated heterocycles. The lowest BCUT2D eigenvalue weighted by Gasteiger charge is -2.45. The van der Waals surface area contributed by atoms with Crippen LogP contribution in [0.3, 0.4) is 0 Å². The Hall–Kier alpha value is -0.650. The van der Waals surface area contributed by atoms with E-state index < -0.39 is 11.4 Å². The van der Waals surface area contributed by atoms with Gasteiger partial charge in [0, 0.05) is 25.7 Å². The van der Waals surface area contributed by atoms with Crippen molar-refractivity contribution in [2.75, 3.05) is 32.9 Å². The first kappa shape index (κ1) is 14.3. The number of rotatable bonds is 2. The fourth-order valence-electron chi connectivity index (χ4n) is 3.77. The Balaban J connectivity index is 1.59. The summed E-state index contributed by atoms with van der Waals surface area (Å²) in [4.78, 5) is 13.8. The van der Waals surface area contributed by atoms with Crippen molar-refractivity contribution >= 4 is 5.97 Å². The molecule has 0 aromatic heterocycles. The van der Waals surface area contributed by atoms with E-state index >= 15 is 0 Å². The van der Waals surface area contributed by atoms with Gasteiger partial charge in [-0.1, -0.05) is 0 Å². The van der Waals surface area contributed by atoms with E-state index in [4.69, 9.17) is 9.47 Å². The standard InChI is InChI=1S/C15H25NO4/c1-14(13(17)18)3-6-16(7-4-14)12-2-8-20-15(10-12)5-9-19-11-15/h12H,2-11H2,1H3,(H,17,18). The number of carboxylic acid groups (broad SMARTS) is 1. The molecule has 3 rings (SSSR count). The fourth-order valence-corrected chi connectivity index (χ4v) is 3.77. The molecule has 2 atom stereocenters. The number of hydrogen-bond donors (Lipinski definition) is 1. The highest BCUT2D eigenvalue weighted by Crippen LogP contribution is 2.38. The molecule has 5 heteroatoms. The second kappa shape index (κ2) is 5.28. The van der Waals surface area contributed by atoms with Crippen molar-refractivity contribution < 1.29 is 19.4 Å². The van der Waals surface area contributed by atoms with Crippen molar-refractivity contribution in [3.05, 3.63) is 0 Å². The molecule has 3 fully saturated rings. The van der Waals surface area contributed by atoms with Crippen LogP contribution < -0.4 is 0 Å². The minimum atomic E-state index is -0.648. The molecule has 2 unspecified atom stereocenters. The van der Waals surface area contributed by atoms with Gasteiger partial charge in [-0.2, -0.15) is 0 Å². The van der Waals surface area contributed by atoms with Crippen molar-refractivity contribution in [3.8, 4) is 0 Å². The summed E-state index contributed by atoms with van der Waals surface area (Å²) in [6, 6.07) is 0.531. The molecule has 0 aromatic carbocycles. The number of carbonyl (C=O) groups is 1. The first-order chi connectivity index (χ1) is 9.53. The van der Waals surface area contributed by atoms with Crippen molar-refractivity contribution in [2.45, 2.75) is 50.7 Å². The summed E-state index contributed by atoms with van der Waals surface area (Å²) in [5, 5.41) is 9.31. The Bertz CT molecular complexity index is 370. The molecular formula is C15H25NO4. The summed E-state index contributed by atoms with van der Waals surface area (Å²) in [6.07, 6.45) is 4.61. The minimum absolute atomic E-state index is 0.0591. The normalized spacial score (nSPS) is 38.1. The maximum Gasteiger partial charge on any atom is 0.309 e. The van der Waals surface area contributed by atoms with E-state index in [0.29, 0.717) is 6.04 Å². The van der Waals surface area contributed by atoms with Gasteiger partial charge in [0.15, 0.2) is 0 Å². The van der Waals surface area contributed by atoms with Crippen molar-refractivity contribution in [1.82, 2.24) is 4.90 Å². The van der Waals surface area contributed by atoms with Gasteiger partial charge >= 0.3 is 5.97 Å². The molecule has 0 aliphatic carbocycles. The molecule has 1 spiro atoms. The first-order valence-corrected chi connectivity index (χ1v) is 7.72. The predicted octanol–water partition coefficient (Wildman–Crippen LogP) is 1.51. The molecule has 3 aliphatic heterocycles. The van der Waals surface area contributed by atoms with E-state index in [-0.39, 0.29) is 5.60 Å². The van der Waals surface area contributed by atoms with Gasteiger partial charge < -0.3 is 19.5 Å². The van der Waals surface area contributed by atoms with Gasteiger partial charge in [0.05, 0.1) is 17.6 Å². The van der Waals surface area contributed by atoms with E-state index in [1.807, 2.05) is 6.92 Å². The molecule has 3 heterocycles. The Morgan fingerprint density at radius 3 is 2.60 bits per heavy atom. The quantitative estimate of drug-likeness (QED) is 0.832. The smallest absolute Gasteiger partial charge is 0.309 e. The third kappa shape index (κ3) is 2.59. The minimum Gasteiger partial charge on any atom is -0.481 e. The van der Waals surface area contributed by atoms with Crippen LogP contribution >= 0.6 is 0 Å². The summed E-state index contributed by atoms with van der Waals surface area (Å²) >= 11 is 0. The lowest BCUT2D eigenvalue weighted by molar-refractivity contribution is -0.152. The van der Waals surface area contributed by atoms with Gasteiger partial charge in [-0.25, -0.2) is 0 Å². The van der Waals surface area contributed by atoms with Gasteiger partial charge in [0.2, 0.25) is 0 Å². The zero-order valence-corrected chi connectivity index (χ0v) is 12.3. The van der Waals surface area contributed by atoms with Gasteiger partial charge in [-0.15, -0.1) is 0 Å². The van der Waals surface area contributed by atoms with E-state index in [1.54, 1.807) is 0 Å². The summed E-state index contributed by atoms with van der Waals surface area (Å²) in [5.41, 5.74) is -0.591. The molecule has 0 bridgehead atoms. The highest BCUT2D eigenvalue weighted by molar-refractivity contribution is 5.74. The molecule has 114 valence electrons. The lowest BCUT2D eigenvalue weighted by atomic mass is 9.79. The number of aliphatic carboxylic acids is 1. The average molecular weight is 283 g/mol. The lowest BCUT2D eigenvalue weighted by Crippen LogP contribution is -2.53. The summed E-state index contributed by atoms with van der Waals surface area (Å²) in [5.74, 6) is -0.648. The van der Waals surface area contributed by atoms with Crippen molar-refractivity contribution in [1.29, 1.82) is 0 Å². The zero-order chi connectivity index (χ0) is 14.2. The fraction of sp³-hybridized carbons (Fsp3) is 0.933. The highest BCUT2D eigenvalue weighted by atomic mass is 16.6. The van der Waals surface area contributed by atoms with Crippen LogP contribution in [0.1, 0.15) is 39.0 Å². The SMILES string of the molecule is CC1(C(=O)O)CCN(C2CCOC3(CCOC3)C2)CC1. The van der Waals surface area contributed by atoms with Crippen LogP contribution in [0, 0.1) is 5.41 Å². The maximum absolute atomic E-state index is 11.3. The van der Waals surface area contributed by atoms with Gasteiger partial charge in [-0.05, 0) is 45.7 Å². The highest BCUT2D eigenvalue weighted by Gasteiger charge is 2.44. The van der Waals surface area contributed by atoms with Gasteiger partial charge in [0.1, 0.15) is 0 Å². The largest absolute Gasteiger partial charge is 0.481 e. The summed E-state index contributed by atoms with van der Waals surface area (Å²) < 4.78 is 11.5. The molecular weight excluding hydrogens is 258 g/mol. The van der Waals surface area contributed by atoms with E-state index in [2.05, 4.69) is 4.90 Å². The van der Waals surface area contributed by atoms with Crippen LogP contribution in [0.2, 0.25) is 0 Å². The van der Waals surface area contributed by atoms with E-state index in [1.165, 1.54) is 0 Å². The number of hydrogen-bond acceptors (Lipinski definition) is 4. The second-order valence-electron chi connectivity index (χ2n) is 6.88. The van der Waals surface area contributed by atoms with E-state index in [0.717, 1.165) is 65.0 Å². The van der Waals surface area contributed by atoms with Crippen LogP contribution in [-0.4, -0.2) is 60.5 Å². The van der Waals surface area contributed by atoms with Gasteiger partial charge in [-0.3, -0.25) is 4.79 Å². The molecule has 5 nitrogen and oxygen atoms in total. The number of likely N-dealkylation sites (tertiary alicyclic amines) is 1. The zero-order valence-electron chi connectivity index (χ0n) is 12.3. The van der Waals surface area contributed by atoms with Crippen LogP contribution in [-0.2, 0) is 14.3 Å². The summed E-state index contributed by atoms with van der Waals surface area (Å²) in [6.45, 7) is 6.01. The molecule has 20 heavy (non-hydrogen) atoms. The number of nitrogens with zero attached hydrogens (tertiary/aromatic N) is 1. The molecule has 0 amide bonds. The molecule has 3 aliphatic rings. The van der Waals surface area contributed by atoms with Crippen LogP contribution in [0.15, 0.2) is 0 Å². The molecule has 0 saturated carbocycles. The molecule has 0 radical (unpaired) electrons. The monoisotopic (exact) mass is 283 g/mol. The second-order valence-corrected chi connectivity index (χ2v) is 6.88. The first-order valence-electron chi connectivity index (χ1n) is 7.72. The van der Waals surface area contributed by atoms with Crippen LogP contribution in [0.5, 0.6) is 0 Å². The van der Waals surface area contributed by atoms with Crippen molar-refractivity contribution in [2.24, 2.45) is 5.41 Å². The average Bonchev–Trinajstić information content (AvgIpc) is 2.87. The van der Waals surface area contributed by atoms with Crippen LogP contribution in [0.25, 0.3) is 0 Å². The molecule has 1 N–H and O–H groups in total. The van der Waals surface area contributed by atoms with E-state index in [9.17, 15) is 9.90 Å². The third-order valence-corrected chi connectivity index (χ3v) is 5.47. The Kier molecular flexibility index (Phi) is 3.77. The predicted molar refractivity (Wildman–Crippen MR) is 73.7 cm³/mol. The number of ether oxygens (including phenoxy) is 2. The third-order valence-electron chi connectivity index (χ3n) is 5.47. The Morgan fingerprint density at radius 2 is 2.00 bits per heavy atom. The molecule has 0 aromatic rings. The Labute approximate surface area is 120 Å². The Morgan fingerprint density at radius 1 is 1.25 bits per heavy atom. The number of carboxylic acids is 1. The topological polar surface area (TPSA) is 59.0 Å². The van der Waals surface area contributed by atoms with Crippen LogP contribution in [0.4, 0.5) is 0 Å². The van der Waals surface area contributed by atoms with Gasteiger partial charge in [0.25, 0.3) is 0 Å². The van der Waals surface area contributed by atoms with Crippen molar-refractivity contribution in [3.63, 3.8) is 0 Å².